The Bertz CT molecular complexity index is 574. The van der Waals surface area contributed by atoms with Crippen molar-refractivity contribution < 1.29 is 0 Å². The molecule has 0 unspecified atom stereocenters. The molecule has 0 aliphatic heterocycles. The first-order valence-electron chi connectivity index (χ1n) is 4.49. The molecule has 2 aromatic rings. The Morgan fingerprint density at radius 3 is 2.93 bits per heavy atom. The molecule has 2 nitrogen and oxygen atoms in total. The van der Waals surface area contributed by atoms with Crippen molar-refractivity contribution in [2.45, 2.75) is 6.92 Å². The fourth-order valence-electron chi connectivity index (χ4n) is 1.46. The number of hydrogen-bond acceptors (Lipinski definition) is 2. The van der Waals surface area contributed by atoms with Gasteiger partial charge in [-0.3, -0.25) is 0 Å². The van der Waals surface area contributed by atoms with E-state index >= 15 is 0 Å². The van der Waals surface area contributed by atoms with Gasteiger partial charge in [-0.15, -0.1) is 5.92 Å². The monoisotopic (exact) mass is 260 g/mol. The second kappa shape index (κ2) is 3.92. The zero-order chi connectivity index (χ0) is 10.8. The minimum Gasteiger partial charge on any atom is -0.383 e. The predicted molar refractivity (Wildman–Crippen MR) is 66.4 cm³/mol. The SMILES string of the molecule is CC#Cc1c(N)ncc2ccc(Br)cc12. The van der Waals surface area contributed by atoms with Gasteiger partial charge in [0.1, 0.15) is 5.82 Å². The molecule has 0 amide bonds. The van der Waals surface area contributed by atoms with Crippen LogP contribution in [0.1, 0.15) is 12.5 Å². The zero-order valence-electron chi connectivity index (χ0n) is 8.21. The van der Waals surface area contributed by atoms with Crippen molar-refractivity contribution in [3.63, 3.8) is 0 Å². The summed E-state index contributed by atoms with van der Waals surface area (Å²) >= 11 is 3.43. The molecule has 0 aliphatic carbocycles. The van der Waals surface area contributed by atoms with Crippen molar-refractivity contribution in [3.8, 4) is 11.8 Å². The third kappa shape index (κ3) is 1.81. The molecule has 1 aromatic heterocycles. The van der Waals surface area contributed by atoms with Crippen LogP contribution in [-0.2, 0) is 0 Å². The minimum atomic E-state index is 0.481. The van der Waals surface area contributed by atoms with Crippen molar-refractivity contribution in [2.75, 3.05) is 5.73 Å². The predicted octanol–water partition coefficient (Wildman–Crippen LogP) is 2.95. The molecule has 0 aliphatic rings. The standard InChI is InChI=1S/C12H9BrN2/c1-2-3-10-11-6-9(13)5-4-8(11)7-15-12(10)14/h4-7H,1H3,(H2,14,15). The molecule has 15 heavy (non-hydrogen) atoms. The average Bonchev–Trinajstić information content (AvgIpc) is 2.23. The van der Waals surface area contributed by atoms with E-state index < -0.39 is 0 Å². The number of fused-ring (bicyclic) bond motifs is 1. The van der Waals surface area contributed by atoms with Gasteiger partial charge >= 0.3 is 0 Å². The molecule has 74 valence electrons. The summed E-state index contributed by atoms with van der Waals surface area (Å²) in [5.74, 6) is 6.32. The van der Waals surface area contributed by atoms with E-state index in [1.807, 2.05) is 18.2 Å². The summed E-state index contributed by atoms with van der Waals surface area (Å²) in [4.78, 5) is 4.12. The molecule has 3 heteroatoms. The highest BCUT2D eigenvalue weighted by Crippen LogP contribution is 2.24. The molecule has 0 saturated carbocycles. The van der Waals surface area contributed by atoms with Crippen LogP contribution in [0.3, 0.4) is 0 Å². The third-order valence-corrected chi connectivity index (χ3v) is 2.63. The second-order valence-electron chi connectivity index (χ2n) is 3.13. The van der Waals surface area contributed by atoms with Gasteiger partial charge in [0.15, 0.2) is 0 Å². The lowest BCUT2D eigenvalue weighted by Gasteiger charge is -2.03. The Balaban J connectivity index is 2.88. The molecule has 0 spiro atoms. The lowest BCUT2D eigenvalue weighted by molar-refractivity contribution is 1.35. The summed E-state index contributed by atoms with van der Waals surface area (Å²) in [6.07, 6.45) is 1.76. The number of pyridine rings is 1. The van der Waals surface area contributed by atoms with Crippen LogP contribution in [0.25, 0.3) is 10.8 Å². The quantitative estimate of drug-likeness (QED) is 0.740. The summed E-state index contributed by atoms with van der Waals surface area (Å²) in [5.41, 5.74) is 6.60. The van der Waals surface area contributed by atoms with Crippen molar-refractivity contribution in [3.05, 3.63) is 34.4 Å². The fraction of sp³-hybridized carbons (Fsp3) is 0.0833. The van der Waals surface area contributed by atoms with Crippen LogP contribution < -0.4 is 5.73 Å². The largest absolute Gasteiger partial charge is 0.383 e. The van der Waals surface area contributed by atoms with Crippen LogP contribution >= 0.6 is 15.9 Å². The second-order valence-corrected chi connectivity index (χ2v) is 4.04. The Hall–Kier alpha value is -1.53. The number of aromatic nitrogens is 1. The lowest BCUT2D eigenvalue weighted by atomic mass is 10.1. The van der Waals surface area contributed by atoms with E-state index in [1.165, 1.54) is 0 Å². The molecule has 0 atom stereocenters. The van der Waals surface area contributed by atoms with Crippen LogP contribution in [0.4, 0.5) is 5.82 Å². The minimum absolute atomic E-state index is 0.481. The molecule has 1 aromatic carbocycles. The Labute approximate surface area is 96.6 Å². The van der Waals surface area contributed by atoms with Crippen LogP contribution in [-0.4, -0.2) is 4.98 Å². The smallest absolute Gasteiger partial charge is 0.139 e. The first kappa shape index (κ1) is 10.0. The van der Waals surface area contributed by atoms with E-state index in [0.717, 1.165) is 20.8 Å². The maximum absolute atomic E-state index is 5.79. The molecular formula is C12H9BrN2. The molecule has 2 N–H and O–H groups in total. The summed E-state index contributed by atoms with van der Waals surface area (Å²) in [6, 6.07) is 5.98. The van der Waals surface area contributed by atoms with Gasteiger partial charge in [0, 0.05) is 21.4 Å². The van der Waals surface area contributed by atoms with Gasteiger partial charge < -0.3 is 5.73 Å². The van der Waals surface area contributed by atoms with Crippen molar-refractivity contribution in [1.82, 2.24) is 4.98 Å². The summed E-state index contributed by atoms with van der Waals surface area (Å²) in [5, 5.41) is 2.08. The van der Waals surface area contributed by atoms with Crippen LogP contribution in [0.5, 0.6) is 0 Å². The molecule has 0 saturated heterocycles. The van der Waals surface area contributed by atoms with E-state index in [2.05, 4.69) is 32.8 Å². The topological polar surface area (TPSA) is 38.9 Å². The van der Waals surface area contributed by atoms with E-state index in [9.17, 15) is 0 Å². The summed E-state index contributed by atoms with van der Waals surface area (Å²) < 4.78 is 1.01. The van der Waals surface area contributed by atoms with Crippen LogP contribution in [0.15, 0.2) is 28.9 Å². The van der Waals surface area contributed by atoms with E-state index in [-0.39, 0.29) is 0 Å². The van der Waals surface area contributed by atoms with E-state index in [4.69, 9.17) is 5.73 Å². The van der Waals surface area contributed by atoms with Crippen LogP contribution in [0.2, 0.25) is 0 Å². The number of hydrogen-bond donors (Lipinski definition) is 1. The van der Waals surface area contributed by atoms with Gasteiger partial charge in [-0.25, -0.2) is 4.98 Å². The zero-order valence-corrected chi connectivity index (χ0v) is 9.80. The highest BCUT2D eigenvalue weighted by Gasteiger charge is 2.04. The lowest BCUT2D eigenvalue weighted by Crippen LogP contribution is -1.95. The molecule has 0 radical (unpaired) electrons. The Morgan fingerprint density at radius 1 is 1.40 bits per heavy atom. The van der Waals surface area contributed by atoms with Gasteiger partial charge in [0.05, 0.1) is 5.56 Å². The van der Waals surface area contributed by atoms with Gasteiger partial charge in [0.2, 0.25) is 0 Å². The highest BCUT2D eigenvalue weighted by atomic mass is 79.9. The molecule has 0 fully saturated rings. The number of halogens is 1. The van der Waals surface area contributed by atoms with E-state index in [0.29, 0.717) is 5.82 Å². The third-order valence-electron chi connectivity index (χ3n) is 2.13. The molecular weight excluding hydrogens is 252 g/mol. The highest BCUT2D eigenvalue weighted by molar-refractivity contribution is 9.10. The number of anilines is 1. The maximum Gasteiger partial charge on any atom is 0.139 e. The van der Waals surface area contributed by atoms with Gasteiger partial charge in [0.25, 0.3) is 0 Å². The number of nitrogen functional groups attached to an aromatic ring is 1. The average molecular weight is 261 g/mol. The summed E-state index contributed by atoms with van der Waals surface area (Å²) in [7, 11) is 0. The van der Waals surface area contributed by atoms with Crippen molar-refractivity contribution in [2.24, 2.45) is 0 Å². The van der Waals surface area contributed by atoms with Gasteiger partial charge in [-0.1, -0.05) is 27.9 Å². The van der Waals surface area contributed by atoms with E-state index in [1.54, 1.807) is 13.1 Å². The van der Waals surface area contributed by atoms with Gasteiger partial charge in [-0.05, 0) is 19.1 Å². The fourth-order valence-corrected chi connectivity index (χ4v) is 1.82. The number of nitrogens with two attached hydrogens (primary N) is 1. The first-order valence-corrected chi connectivity index (χ1v) is 5.28. The van der Waals surface area contributed by atoms with Crippen molar-refractivity contribution >= 4 is 32.5 Å². The van der Waals surface area contributed by atoms with Gasteiger partial charge in [-0.2, -0.15) is 0 Å². The summed E-state index contributed by atoms with van der Waals surface area (Å²) in [6.45, 7) is 1.79. The van der Waals surface area contributed by atoms with Crippen LogP contribution in [0, 0.1) is 11.8 Å². The van der Waals surface area contributed by atoms with Crippen molar-refractivity contribution in [1.29, 1.82) is 0 Å². The number of rotatable bonds is 0. The molecule has 0 bridgehead atoms. The number of nitrogens with zero attached hydrogens (tertiary/aromatic N) is 1. The first-order chi connectivity index (χ1) is 7.22. The Morgan fingerprint density at radius 2 is 2.20 bits per heavy atom. The number of benzene rings is 1. The molecule has 1 heterocycles. The Kier molecular flexibility index (Phi) is 2.61. The maximum atomic E-state index is 5.79. The molecule has 2 rings (SSSR count). The normalized spacial score (nSPS) is 9.73.